The molecule has 3 N–H and O–H groups in total. The molecule has 1 aliphatic heterocycles. The molecule has 23 heavy (non-hydrogen) atoms. The lowest BCUT2D eigenvalue weighted by atomic mass is 9.97. The van der Waals surface area contributed by atoms with Crippen molar-refractivity contribution in [1.82, 2.24) is 10.2 Å². The molecular weight excluding hydrogens is 310 g/mol. The van der Waals surface area contributed by atoms with E-state index in [1.807, 2.05) is 17.8 Å². The van der Waals surface area contributed by atoms with Crippen LogP contribution in [-0.4, -0.2) is 42.2 Å². The Morgan fingerprint density at radius 2 is 2.09 bits per heavy atom. The van der Waals surface area contributed by atoms with E-state index in [0.717, 1.165) is 30.8 Å². The van der Waals surface area contributed by atoms with Crippen LogP contribution in [0.15, 0.2) is 30.3 Å². The van der Waals surface area contributed by atoms with Crippen molar-refractivity contribution in [2.24, 2.45) is 11.7 Å². The zero-order valence-corrected chi connectivity index (χ0v) is 14.2. The fraction of sp³-hybridized carbons (Fsp3) is 0.529. The Morgan fingerprint density at radius 1 is 1.30 bits per heavy atom. The van der Waals surface area contributed by atoms with E-state index in [2.05, 4.69) is 29.6 Å². The zero-order chi connectivity index (χ0) is 16.5. The number of carbonyl (C=O) groups is 2. The number of nitrogens with one attached hydrogen (secondary N) is 1. The summed E-state index contributed by atoms with van der Waals surface area (Å²) in [5.74, 6) is 1.95. The van der Waals surface area contributed by atoms with Crippen molar-refractivity contribution >= 4 is 23.7 Å². The molecule has 1 aromatic carbocycles. The number of hydrogen-bond acceptors (Lipinski definition) is 3. The van der Waals surface area contributed by atoms with E-state index in [1.54, 1.807) is 4.90 Å². The summed E-state index contributed by atoms with van der Waals surface area (Å²) in [6.45, 7) is 1.80. The van der Waals surface area contributed by atoms with Crippen LogP contribution >= 0.6 is 11.8 Å². The van der Waals surface area contributed by atoms with Gasteiger partial charge in [0.2, 0.25) is 5.91 Å². The van der Waals surface area contributed by atoms with E-state index in [0.29, 0.717) is 19.6 Å². The van der Waals surface area contributed by atoms with Crippen LogP contribution in [0.5, 0.6) is 0 Å². The average Bonchev–Trinajstić information content (AvgIpc) is 2.58. The summed E-state index contributed by atoms with van der Waals surface area (Å²) >= 11 is 1.88. The van der Waals surface area contributed by atoms with Crippen LogP contribution < -0.4 is 11.1 Å². The minimum atomic E-state index is -0.431. The third-order valence-corrected chi connectivity index (χ3v) is 5.09. The normalized spacial score (nSPS) is 17.7. The Balaban J connectivity index is 1.57. The molecule has 1 atom stereocenters. The Hall–Kier alpha value is -1.69. The summed E-state index contributed by atoms with van der Waals surface area (Å²) in [7, 11) is 0. The average molecular weight is 335 g/mol. The van der Waals surface area contributed by atoms with E-state index in [1.165, 1.54) is 5.56 Å². The van der Waals surface area contributed by atoms with Crippen LogP contribution in [0.1, 0.15) is 24.8 Å². The Kier molecular flexibility index (Phi) is 7.26. The number of hydrogen-bond donors (Lipinski definition) is 2. The van der Waals surface area contributed by atoms with Gasteiger partial charge < -0.3 is 16.0 Å². The van der Waals surface area contributed by atoms with Crippen molar-refractivity contribution in [2.45, 2.75) is 25.0 Å². The first-order valence-corrected chi connectivity index (χ1v) is 9.26. The van der Waals surface area contributed by atoms with Gasteiger partial charge in [0.15, 0.2) is 0 Å². The van der Waals surface area contributed by atoms with Gasteiger partial charge in [0.25, 0.3) is 0 Å². The highest BCUT2D eigenvalue weighted by atomic mass is 32.2. The molecule has 0 spiro atoms. The molecule has 5 nitrogen and oxygen atoms in total. The topological polar surface area (TPSA) is 75.4 Å². The van der Waals surface area contributed by atoms with Gasteiger partial charge in [-0.25, -0.2) is 4.79 Å². The molecule has 1 aromatic rings. The minimum Gasteiger partial charge on any atom is -0.356 e. The highest BCUT2D eigenvalue weighted by Crippen LogP contribution is 2.16. The molecule has 0 radical (unpaired) electrons. The number of nitrogens with two attached hydrogens (primary N) is 1. The van der Waals surface area contributed by atoms with E-state index >= 15 is 0 Å². The lowest BCUT2D eigenvalue weighted by Crippen LogP contribution is -2.47. The number of amides is 3. The summed E-state index contributed by atoms with van der Waals surface area (Å²) in [4.78, 5) is 24.9. The molecule has 1 saturated heterocycles. The van der Waals surface area contributed by atoms with Crippen LogP contribution in [0.3, 0.4) is 0 Å². The monoisotopic (exact) mass is 335 g/mol. The molecule has 6 heteroatoms. The number of carbonyl (C=O) groups excluding carboxylic acids is 2. The zero-order valence-electron chi connectivity index (χ0n) is 13.4. The van der Waals surface area contributed by atoms with Crippen molar-refractivity contribution in [3.8, 4) is 0 Å². The molecule has 1 aliphatic rings. The maximum atomic E-state index is 12.1. The Labute approximate surface area is 142 Å². The summed E-state index contributed by atoms with van der Waals surface area (Å²) in [5, 5.41) is 2.98. The molecule has 3 amide bonds. The van der Waals surface area contributed by atoms with E-state index < -0.39 is 6.03 Å². The number of piperidine rings is 1. The number of primary amides is 1. The molecule has 2 rings (SSSR count). The fourth-order valence-corrected chi connectivity index (χ4v) is 3.61. The van der Waals surface area contributed by atoms with Gasteiger partial charge in [0.05, 0.1) is 5.92 Å². The van der Waals surface area contributed by atoms with E-state index in [4.69, 9.17) is 5.73 Å². The summed E-state index contributed by atoms with van der Waals surface area (Å²) in [6.07, 6.45) is 2.63. The molecule has 1 fully saturated rings. The quantitative estimate of drug-likeness (QED) is 0.750. The largest absolute Gasteiger partial charge is 0.356 e. The van der Waals surface area contributed by atoms with Gasteiger partial charge in [0, 0.05) is 25.4 Å². The lowest BCUT2D eigenvalue weighted by molar-refractivity contribution is -0.126. The van der Waals surface area contributed by atoms with Gasteiger partial charge in [-0.2, -0.15) is 11.8 Å². The van der Waals surface area contributed by atoms with Crippen LogP contribution in [0.25, 0.3) is 0 Å². The predicted octanol–water partition coefficient (Wildman–Crippen LogP) is 2.22. The number of likely N-dealkylation sites (tertiary alicyclic amines) is 1. The van der Waals surface area contributed by atoms with Crippen molar-refractivity contribution in [3.05, 3.63) is 35.9 Å². The minimum absolute atomic E-state index is 0.0454. The van der Waals surface area contributed by atoms with Crippen LogP contribution in [0.4, 0.5) is 4.79 Å². The summed E-state index contributed by atoms with van der Waals surface area (Å²) in [6, 6.07) is 9.95. The molecular formula is C17H25N3O2S. The van der Waals surface area contributed by atoms with Gasteiger partial charge in [-0.15, -0.1) is 0 Å². The second-order valence-corrected chi connectivity index (χ2v) is 6.91. The van der Waals surface area contributed by atoms with E-state index in [9.17, 15) is 9.59 Å². The molecule has 0 saturated carbocycles. The highest BCUT2D eigenvalue weighted by Gasteiger charge is 2.26. The number of rotatable bonds is 7. The third kappa shape index (κ3) is 6.14. The number of nitrogens with zero attached hydrogens (tertiary/aromatic N) is 1. The maximum Gasteiger partial charge on any atom is 0.314 e. The summed E-state index contributed by atoms with van der Waals surface area (Å²) < 4.78 is 0. The third-order valence-electron chi connectivity index (χ3n) is 3.98. The van der Waals surface area contributed by atoms with Crippen molar-refractivity contribution in [2.75, 3.05) is 25.4 Å². The van der Waals surface area contributed by atoms with Crippen LogP contribution in [0.2, 0.25) is 0 Å². The fourth-order valence-electron chi connectivity index (χ4n) is 2.69. The Bertz CT molecular complexity index is 510. The van der Waals surface area contributed by atoms with E-state index in [-0.39, 0.29) is 11.8 Å². The summed E-state index contributed by atoms with van der Waals surface area (Å²) in [5.41, 5.74) is 6.61. The van der Waals surface area contributed by atoms with Crippen molar-refractivity contribution < 1.29 is 9.59 Å². The SMILES string of the molecule is NC(=O)N1CCCC(C(=O)NCCCSCc2ccccc2)C1. The second kappa shape index (κ2) is 9.45. The van der Waals surface area contributed by atoms with Crippen molar-refractivity contribution in [3.63, 3.8) is 0 Å². The number of urea groups is 1. The van der Waals surface area contributed by atoms with Gasteiger partial charge in [-0.05, 0) is 30.6 Å². The first kappa shape index (κ1) is 17.7. The Morgan fingerprint density at radius 3 is 2.83 bits per heavy atom. The van der Waals surface area contributed by atoms with Gasteiger partial charge in [-0.3, -0.25) is 4.79 Å². The first-order valence-electron chi connectivity index (χ1n) is 8.10. The molecule has 126 valence electrons. The second-order valence-electron chi connectivity index (χ2n) is 5.81. The van der Waals surface area contributed by atoms with Gasteiger partial charge in [0.1, 0.15) is 0 Å². The first-order chi connectivity index (χ1) is 11.2. The highest BCUT2D eigenvalue weighted by molar-refractivity contribution is 7.98. The van der Waals surface area contributed by atoms with Crippen LogP contribution in [0, 0.1) is 5.92 Å². The predicted molar refractivity (Wildman–Crippen MR) is 94.1 cm³/mol. The number of thioether (sulfide) groups is 1. The van der Waals surface area contributed by atoms with Crippen molar-refractivity contribution in [1.29, 1.82) is 0 Å². The molecule has 1 heterocycles. The molecule has 1 unspecified atom stereocenters. The molecule has 0 aliphatic carbocycles. The smallest absolute Gasteiger partial charge is 0.314 e. The van der Waals surface area contributed by atoms with Gasteiger partial charge >= 0.3 is 6.03 Å². The number of benzene rings is 1. The lowest BCUT2D eigenvalue weighted by Gasteiger charge is -2.30. The standard InChI is InChI=1S/C17H25N3O2S/c18-17(22)20-10-4-8-15(12-20)16(21)19-9-5-11-23-13-14-6-2-1-3-7-14/h1-3,6-7,15H,4-5,8-13H2,(H2,18,22)(H,19,21). The molecule has 0 bridgehead atoms. The van der Waals surface area contributed by atoms with Gasteiger partial charge in [-0.1, -0.05) is 30.3 Å². The maximum absolute atomic E-state index is 12.1. The van der Waals surface area contributed by atoms with Crippen LogP contribution in [-0.2, 0) is 10.5 Å². The molecule has 0 aromatic heterocycles.